The Balaban J connectivity index is 1.67. The molecule has 0 radical (unpaired) electrons. The highest BCUT2D eigenvalue weighted by Gasteiger charge is 2.16. The molecule has 0 aliphatic carbocycles. The van der Waals surface area contributed by atoms with Crippen LogP contribution in [0.1, 0.15) is 15.9 Å². The lowest BCUT2D eigenvalue weighted by atomic mass is 10.2. The molecule has 8 nitrogen and oxygen atoms in total. The van der Waals surface area contributed by atoms with E-state index in [-0.39, 0.29) is 5.91 Å². The summed E-state index contributed by atoms with van der Waals surface area (Å²) in [5.41, 5.74) is 1.76. The Kier molecular flexibility index (Phi) is 3.98. The normalized spacial score (nSPS) is 10.7. The lowest BCUT2D eigenvalue weighted by Crippen LogP contribution is -2.14. The minimum atomic E-state index is -0.351. The maximum absolute atomic E-state index is 12.7. The minimum absolute atomic E-state index is 0.325. The molecule has 0 bridgehead atoms. The van der Waals surface area contributed by atoms with E-state index in [1.807, 2.05) is 13.0 Å². The Hall–Kier alpha value is -3.81. The Morgan fingerprint density at radius 2 is 2.08 bits per heavy atom. The van der Waals surface area contributed by atoms with Gasteiger partial charge in [-0.25, -0.2) is 14.5 Å². The second-order valence-electron chi connectivity index (χ2n) is 5.58. The predicted molar refractivity (Wildman–Crippen MR) is 94.2 cm³/mol. The number of pyridine rings is 3. The van der Waals surface area contributed by atoms with Gasteiger partial charge in [-0.3, -0.25) is 9.78 Å². The molecular weight excluding hydrogens is 332 g/mol. The number of amides is 1. The Morgan fingerprint density at radius 3 is 2.85 bits per heavy atom. The van der Waals surface area contributed by atoms with E-state index in [0.29, 0.717) is 28.5 Å². The Morgan fingerprint density at radius 1 is 1.15 bits per heavy atom. The van der Waals surface area contributed by atoms with Crippen LogP contribution in [0.4, 0.5) is 5.82 Å². The third-order valence-corrected chi connectivity index (χ3v) is 3.62. The van der Waals surface area contributed by atoms with Crippen molar-refractivity contribution in [3.63, 3.8) is 0 Å². The quantitative estimate of drug-likeness (QED) is 0.610. The van der Waals surface area contributed by atoms with E-state index in [1.54, 1.807) is 49.1 Å². The lowest BCUT2D eigenvalue weighted by molar-refractivity contribution is 0.102. The smallest absolute Gasteiger partial charge is 0.260 e. The maximum Gasteiger partial charge on any atom is 0.260 e. The molecule has 128 valence electrons. The number of fused-ring (bicyclic) bond motifs is 1. The third kappa shape index (κ3) is 3.20. The predicted octanol–water partition coefficient (Wildman–Crippen LogP) is 2.87. The van der Waals surface area contributed by atoms with Gasteiger partial charge in [0, 0.05) is 12.4 Å². The molecule has 0 unspecified atom stereocenters. The number of ether oxygens (including phenoxy) is 1. The minimum Gasteiger partial charge on any atom is -0.454 e. The SMILES string of the molecule is Cc1ccc(NC(=O)c2cc(Oc3cccnc3)cn3ncnc23)nc1. The van der Waals surface area contributed by atoms with E-state index in [0.717, 1.165) is 5.56 Å². The molecule has 0 atom stereocenters. The molecule has 4 aromatic heterocycles. The summed E-state index contributed by atoms with van der Waals surface area (Å²) in [6.07, 6.45) is 7.95. The van der Waals surface area contributed by atoms with Crippen LogP contribution in [0.5, 0.6) is 11.5 Å². The Labute approximate surface area is 148 Å². The largest absolute Gasteiger partial charge is 0.454 e. The molecule has 0 aliphatic heterocycles. The molecule has 4 rings (SSSR count). The summed E-state index contributed by atoms with van der Waals surface area (Å²) in [4.78, 5) is 25.1. The Bertz CT molecular complexity index is 1060. The number of carbonyl (C=O) groups is 1. The van der Waals surface area contributed by atoms with Crippen LogP contribution >= 0.6 is 0 Å². The summed E-state index contributed by atoms with van der Waals surface area (Å²) >= 11 is 0. The number of anilines is 1. The van der Waals surface area contributed by atoms with E-state index in [2.05, 4.69) is 25.4 Å². The molecule has 0 spiro atoms. The van der Waals surface area contributed by atoms with Crippen molar-refractivity contribution in [3.8, 4) is 11.5 Å². The van der Waals surface area contributed by atoms with Crippen LogP contribution in [0.15, 0.2) is 61.4 Å². The van der Waals surface area contributed by atoms with E-state index in [4.69, 9.17) is 4.74 Å². The second kappa shape index (κ2) is 6.60. The van der Waals surface area contributed by atoms with Crippen LogP contribution in [-0.2, 0) is 0 Å². The highest BCUT2D eigenvalue weighted by molar-refractivity contribution is 6.08. The van der Waals surface area contributed by atoms with Gasteiger partial charge in [0.2, 0.25) is 0 Å². The van der Waals surface area contributed by atoms with Gasteiger partial charge in [-0.1, -0.05) is 6.07 Å². The summed E-state index contributed by atoms with van der Waals surface area (Å²) in [5, 5.41) is 6.86. The van der Waals surface area contributed by atoms with E-state index in [9.17, 15) is 4.79 Å². The first-order valence-electron chi connectivity index (χ1n) is 7.84. The monoisotopic (exact) mass is 346 g/mol. The van der Waals surface area contributed by atoms with Crippen LogP contribution in [0, 0.1) is 6.92 Å². The van der Waals surface area contributed by atoms with Crippen molar-refractivity contribution in [2.75, 3.05) is 5.32 Å². The number of rotatable bonds is 4. The first-order chi connectivity index (χ1) is 12.7. The van der Waals surface area contributed by atoms with E-state index >= 15 is 0 Å². The zero-order chi connectivity index (χ0) is 17.9. The van der Waals surface area contributed by atoms with Crippen molar-refractivity contribution in [2.24, 2.45) is 0 Å². The van der Waals surface area contributed by atoms with E-state index < -0.39 is 0 Å². The fourth-order valence-corrected chi connectivity index (χ4v) is 2.39. The summed E-state index contributed by atoms with van der Waals surface area (Å²) in [7, 11) is 0. The van der Waals surface area contributed by atoms with Crippen molar-refractivity contribution in [1.82, 2.24) is 24.6 Å². The molecule has 4 heterocycles. The maximum atomic E-state index is 12.7. The molecule has 4 aromatic rings. The average Bonchev–Trinajstić information content (AvgIpc) is 3.12. The van der Waals surface area contributed by atoms with Gasteiger partial charge < -0.3 is 10.1 Å². The lowest BCUT2D eigenvalue weighted by Gasteiger charge is -2.09. The van der Waals surface area contributed by atoms with E-state index in [1.165, 1.54) is 10.8 Å². The fourth-order valence-electron chi connectivity index (χ4n) is 2.39. The summed E-state index contributed by atoms with van der Waals surface area (Å²) in [5.74, 6) is 1.10. The van der Waals surface area contributed by atoms with Gasteiger partial charge in [0.05, 0.1) is 18.0 Å². The number of hydrogen-bond acceptors (Lipinski definition) is 6. The van der Waals surface area contributed by atoms with Gasteiger partial charge in [-0.2, -0.15) is 5.10 Å². The molecule has 0 saturated carbocycles. The highest BCUT2D eigenvalue weighted by Crippen LogP contribution is 2.23. The standard InChI is InChI=1S/C18H14N6O2/c1-12-4-5-16(20-8-12)23-18(25)15-7-14(10-24-17(15)21-11-22-24)26-13-3-2-6-19-9-13/h2-11H,1H3,(H,20,23,25). The van der Waals surface area contributed by atoms with Crippen LogP contribution in [-0.4, -0.2) is 30.5 Å². The number of aromatic nitrogens is 5. The summed E-state index contributed by atoms with van der Waals surface area (Å²) in [6.45, 7) is 1.93. The second-order valence-corrected chi connectivity index (χ2v) is 5.58. The number of carbonyl (C=O) groups excluding carboxylic acids is 1. The van der Waals surface area contributed by atoms with Crippen molar-refractivity contribution in [2.45, 2.75) is 6.92 Å². The van der Waals surface area contributed by atoms with Crippen LogP contribution < -0.4 is 10.1 Å². The molecule has 1 amide bonds. The van der Waals surface area contributed by atoms with Gasteiger partial charge in [0.1, 0.15) is 23.6 Å². The molecule has 0 saturated heterocycles. The van der Waals surface area contributed by atoms with Crippen molar-refractivity contribution < 1.29 is 9.53 Å². The third-order valence-electron chi connectivity index (χ3n) is 3.62. The van der Waals surface area contributed by atoms with Gasteiger partial charge in [-0.05, 0) is 36.8 Å². The van der Waals surface area contributed by atoms with Crippen LogP contribution in [0.3, 0.4) is 0 Å². The zero-order valence-corrected chi connectivity index (χ0v) is 13.8. The molecular formula is C18H14N6O2. The number of nitrogens with zero attached hydrogens (tertiary/aromatic N) is 5. The highest BCUT2D eigenvalue weighted by atomic mass is 16.5. The number of nitrogens with one attached hydrogen (secondary N) is 1. The van der Waals surface area contributed by atoms with Gasteiger partial charge in [0.25, 0.3) is 5.91 Å². The zero-order valence-electron chi connectivity index (χ0n) is 13.8. The number of hydrogen-bond donors (Lipinski definition) is 1. The van der Waals surface area contributed by atoms with Gasteiger partial charge in [-0.15, -0.1) is 0 Å². The summed E-state index contributed by atoms with van der Waals surface area (Å²) < 4.78 is 7.26. The first-order valence-corrected chi connectivity index (χ1v) is 7.84. The topological polar surface area (TPSA) is 94.3 Å². The molecule has 0 aliphatic rings. The van der Waals surface area contributed by atoms with Crippen LogP contribution in [0.25, 0.3) is 5.65 Å². The summed E-state index contributed by atoms with van der Waals surface area (Å²) in [6, 6.07) is 8.76. The van der Waals surface area contributed by atoms with Crippen molar-refractivity contribution in [1.29, 1.82) is 0 Å². The van der Waals surface area contributed by atoms with Crippen molar-refractivity contribution in [3.05, 3.63) is 72.6 Å². The van der Waals surface area contributed by atoms with Gasteiger partial charge >= 0.3 is 0 Å². The molecule has 0 aromatic carbocycles. The number of aryl methyl sites for hydroxylation is 1. The molecule has 8 heteroatoms. The molecule has 1 N–H and O–H groups in total. The van der Waals surface area contributed by atoms with Crippen LogP contribution in [0.2, 0.25) is 0 Å². The fraction of sp³-hybridized carbons (Fsp3) is 0.0556. The average molecular weight is 346 g/mol. The molecule has 0 fully saturated rings. The molecule has 26 heavy (non-hydrogen) atoms. The van der Waals surface area contributed by atoms with Gasteiger partial charge in [0.15, 0.2) is 5.65 Å². The first kappa shape index (κ1) is 15.7. The van der Waals surface area contributed by atoms with Crippen molar-refractivity contribution >= 4 is 17.4 Å².